The van der Waals surface area contributed by atoms with E-state index in [2.05, 4.69) is 4.98 Å². The van der Waals surface area contributed by atoms with Gasteiger partial charge in [0.15, 0.2) is 0 Å². The van der Waals surface area contributed by atoms with Crippen molar-refractivity contribution in [2.75, 3.05) is 12.0 Å². The quantitative estimate of drug-likeness (QED) is 0.366. The van der Waals surface area contributed by atoms with Gasteiger partial charge in [0.2, 0.25) is 0 Å². The number of nitrogens with zero attached hydrogens (tertiary/aromatic N) is 2. The smallest absolute Gasteiger partial charge is 0.301 e. The number of ketones is 1. The maximum absolute atomic E-state index is 13.1. The summed E-state index contributed by atoms with van der Waals surface area (Å²) in [5, 5.41) is 11.4. The molecule has 1 aromatic heterocycles. The fourth-order valence-electron chi connectivity index (χ4n) is 3.60. The molecule has 0 saturated carbocycles. The number of hydrogen-bond donors (Lipinski definition) is 1. The Bertz CT molecular complexity index is 1190. The monoisotopic (exact) mass is 434 g/mol. The zero-order valence-electron chi connectivity index (χ0n) is 16.9. The fraction of sp³-hybridized carbons (Fsp3) is 0.125. The predicted octanol–water partition coefficient (Wildman–Crippen LogP) is 4.68. The number of rotatable bonds is 4. The van der Waals surface area contributed by atoms with Crippen LogP contribution in [-0.4, -0.2) is 28.9 Å². The topological polar surface area (TPSA) is 79.7 Å². The zero-order valence-corrected chi connectivity index (χ0v) is 17.6. The van der Waals surface area contributed by atoms with Crippen LogP contribution in [0.2, 0.25) is 5.02 Å². The number of anilines is 1. The Labute approximate surface area is 184 Å². The average Bonchev–Trinajstić information content (AvgIpc) is 3.05. The third-order valence-corrected chi connectivity index (χ3v) is 5.45. The summed E-state index contributed by atoms with van der Waals surface area (Å²) in [6.45, 7) is 1.94. The van der Waals surface area contributed by atoms with Crippen LogP contribution >= 0.6 is 11.6 Å². The van der Waals surface area contributed by atoms with Crippen LogP contribution in [0.5, 0.6) is 5.75 Å². The summed E-state index contributed by atoms with van der Waals surface area (Å²) in [7, 11) is 1.48. The van der Waals surface area contributed by atoms with Crippen molar-refractivity contribution in [2.24, 2.45) is 0 Å². The Hall–Kier alpha value is -3.64. The van der Waals surface area contributed by atoms with E-state index in [1.807, 2.05) is 31.2 Å². The van der Waals surface area contributed by atoms with Crippen LogP contribution in [0.25, 0.3) is 5.76 Å². The summed E-state index contributed by atoms with van der Waals surface area (Å²) in [6.07, 6.45) is 1.55. The van der Waals surface area contributed by atoms with E-state index in [0.29, 0.717) is 22.7 Å². The van der Waals surface area contributed by atoms with Gasteiger partial charge in [0.05, 0.1) is 23.7 Å². The molecule has 7 heteroatoms. The maximum atomic E-state index is 13.1. The fourth-order valence-corrected chi connectivity index (χ4v) is 3.86. The summed E-state index contributed by atoms with van der Waals surface area (Å²) in [5.74, 6) is -1.11. The summed E-state index contributed by atoms with van der Waals surface area (Å²) in [4.78, 5) is 31.6. The molecule has 0 unspecified atom stereocenters. The van der Waals surface area contributed by atoms with E-state index in [1.165, 1.54) is 18.1 Å². The highest BCUT2D eigenvalue weighted by Gasteiger charge is 2.47. The number of aliphatic hydroxyl groups is 1. The summed E-state index contributed by atoms with van der Waals surface area (Å²) in [6, 6.07) is 16.4. The predicted molar refractivity (Wildman–Crippen MR) is 118 cm³/mol. The minimum atomic E-state index is -0.837. The Kier molecular flexibility index (Phi) is 5.48. The molecule has 1 aliphatic heterocycles. The molecule has 1 N–H and O–H groups in total. The van der Waals surface area contributed by atoms with Crippen molar-refractivity contribution in [3.05, 3.63) is 94.1 Å². The van der Waals surface area contributed by atoms with Crippen LogP contribution in [0, 0.1) is 6.92 Å². The van der Waals surface area contributed by atoms with Crippen LogP contribution in [0.4, 0.5) is 5.82 Å². The number of carbonyl (C=O) groups excluding carboxylic acids is 2. The maximum Gasteiger partial charge on any atom is 0.301 e. The normalized spacial score (nSPS) is 17.8. The molecule has 4 rings (SSSR count). The van der Waals surface area contributed by atoms with E-state index in [1.54, 1.807) is 36.5 Å². The van der Waals surface area contributed by atoms with E-state index in [-0.39, 0.29) is 16.4 Å². The highest BCUT2D eigenvalue weighted by molar-refractivity contribution is 6.51. The molecule has 1 atom stereocenters. The Morgan fingerprint density at radius 2 is 1.84 bits per heavy atom. The molecule has 31 heavy (non-hydrogen) atoms. The summed E-state index contributed by atoms with van der Waals surface area (Å²) < 4.78 is 5.15. The molecule has 0 radical (unpaired) electrons. The van der Waals surface area contributed by atoms with Gasteiger partial charge in [-0.25, -0.2) is 4.98 Å². The van der Waals surface area contributed by atoms with Gasteiger partial charge in [-0.3, -0.25) is 14.5 Å². The molecule has 0 spiro atoms. The standard InChI is InChI=1S/C24H19ClN2O4/c1-14-6-8-15(9-7-14)21-20(22(28)16-10-11-18(31-2)17(25)13-16)23(29)24(30)27(21)19-5-3-4-12-26-19/h3-13,21,28H,1-2H3/t21-/m1/s1. The van der Waals surface area contributed by atoms with E-state index < -0.39 is 17.7 Å². The van der Waals surface area contributed by atoms with Crippen LogP contribution in [0.1, 0.15) is 22.7 Å². The van der Waals surface area contributed by atoms with E-state index >= 15 is 0 Å². The van der Waals surface area contributed by atoms with E-state index in [4.69, 9.17) is 16.3 Å². The van der Waals surface area contributed by atoms with Gasteiger partial charge < -0.3 is 9.84 Å². The Morgan fingerprint density at radius 1 is 1.10 bits per heavy atom. The molecule has 2 aromatic carbocycles. The number of aromatic nitrogens is 1. The van der Waals surface area contributed by atoms with Crippen molar-refractivity contribution in [3.8, 4) is 5.75 Å². The number of aliphatic hydroxyl groups excluding tert-OH is 1. The van der Waals surface area contributed by atoms with E-state index in [9.17, 15) is 14.7 Å². The van der Waals surface area contributed by atoms with Gasteiger partial charge in [0.25, 0.3) is 5.78 Å². The lowest BCUT2D eigenvalue weighted by Crippen LogP contribution is -2.30. The highest BCUT2D eigenvalue weighted by atomic mass is 35.5. The molecule has 1 fully saturated rings. The third-order valence-electron chi connectivity index (χ3n) is 5.16. The number of carbonyl (C=O) groups is 2. The number of methoxy groups -OCH3 is 1. The lowest BCUT2D eigenvalue weighted by atomic mass is 9.94. The van der Waals surface area contributed by atoms with Crippen molar-refractivity contribution in [1.29, 1.82) is 0 Å². The molecular weight excluding hydrogens is 416 g/mol. The van der Waals surface area contributed by atoms with Crippen molar-refractivity contribution in [3.63, 3.8) is 0 Å². The zero-order chi connectivity index (χ0) is 22.1. The van der Waals surface area contributed by atoms with Gasteiger partial charge in [0.1, 0.15) is 17.3 Å². The number of hydrogen-bond acceptors (Lipinski definition) is 5. The number of Topliss-reactive ketones (excluding diaryl/α,β-unsaturated/α-hetero) is 1. The highest BCUT2D eigenvalue weighted by Crippen LogP contribution is 2.42. The molecule has 0 aliphatic carbocycles. The largest absolute Gasteiger partial charge is 0.507 e. The van der Waals surface area contributed by atoms with Gasteiger partial charge >= 0.3 is 5.91 Å². The molecule has 2 heterocycles. The second-order valence-corrected chi connectivity index (χ2v) is 7.52. The average molecular weight is 435 g/mol. The summed E-state index contributed by atoms with van der Waals surface area (Å²) >= 11 is 6.21. The molecule has 1 aliphatic rings. The van der Waals surface area contributed by atoms with Gasteiger partial charge in [0, 0.05) is 11.8 Å². The first-order valence-electron chi connectivity index (χ1n) is 9.55. The molecule has 1 saturated heterocycles. The Morgan fingerprint density at radius 3 is 2.45 bits per heavy atom. The van der Waals surface area contributed by atoms with Gasteiger partial charge in [-0.05, 0) is 42.8 Å². The number of aryl methyl sites for hydroxylation is 1. The third kappa shape index (κ3) is 3.66. The number of pyridine rings is 1. The van der Waals surface area contributed by atoms with Crippen molar-refractivity contribution in [2.45, 2.75) is 13.0 Å². The lowest BCUT2D eigenvalue weighted by Gasteiger charge is -2.24. The number of ether oxygens (including phenoxy) is 1. The minimum absolute atomic E-state index is 0.0271. The van der Waals surface area contributed by atoms with E-state index in [0.717, 1.165) is 5.56 Å². The first kappa shape index (κ1) is 20.6. The van der Waals surface area contributed by atoms with Crippen LogP contribution < -0.4 is 9.64 Å². The van der Waals surface area contributed by atoms with Crippen molar-refractivity contribution >= 4 is 34.9 Å². The Balaban J connectivity index is 1.93. The van der Waals surface area contributed by atoms with Crippen LogP contribution in [0.3, 0.4) is 0 Å². The minimum Gasteiger partial charge on any atom is -0.507 e. The first-order valence-corrected chi connectivity index (χ1v) is 9.92. The second kappa shape index (κ2) is 8.24. The molecule has 3 aromatic rings. The molecule has 156 valence electrons. The molecule has 1 amide bonds. The second-order valence-electron chi connectivity index (χ2n) is 7.12. The molecule has 0 bridgehead atoms. The number of halogens is 1. The molecular formula is C24H19ClN2O4. The van der Waals surface area contributed by atoms with Crippen molar-refractivity contribution in [1.82, 2.24) is 4.98 Å². The SMILES string of the molecule is COc1ccc(C(O)=C2C(=O)C(=O)N(c3ccccn3)[C@@H]2c2ccc(C)cc2)cc1Cl. The lowest BCUT2D eigenvalue weighted by molar-refractivity contribution is -0.132. The van der Waals surface area contributed by atoms with Crippen LogP contribution in [-0.2, 0) is 9.59 Å². The van der Waals surface area contributed by atoms with Gasteiger partial charge in [-0.2, -0.15) is 0 Å². The van der Waals surface area contributed by atoms with Gasteiger partial charge in [-0.15, -0.1) is 0 Å². The summed E-state index contributed by atoms with van der Waals surface area (Å²) in [5.41, 5.74) is 1.99. The van der Waals surface area contributed by atoms with Gasteiger partial charge in [-0.1, -0.05) is 47.5 Å². The van der Waals surface area contributed by atoms with Crippen molar-refractivity contribution < 1.29 is 19.4 Å². The van der Waals surface area contributed by atoms with Crippen LogP contribution in [0.15, 0.2) is 72.4 Å². The first-order chi connectivity index (χ1) is 14.9. The number of amides is 1. The molecule has 6 nitrogen and oxygen atoms in total. The number of benzene rings is 2.